The molecular weight excluding hydrogens is 478 g/mol. The Balaban J connectivity index is 1.38. The zero-order chi connectivity index (χ0) is 26.2. The van der Waals surface area contributed by atoms with E-state index in [0.717, 1.165) is 38.3 Å². The Kier molecular flexibility index (Phi) is 7.19. The van der Waals surface area contributed by atoms with Gasteiger partial charge in [0, 0.05) is 75.8 Å². The summed E-state index contributed by atoms with van der Waals surface area (Å²) >= 11 is 0. The predicted octanol–water partition coefficient (Wildman–Crippen LogP) is 3.37. The molecule has 0 spiro atoms. The lowest BCUT2D eigenvalue weighted by molar-refractivity contribution is -0.0221. The van der Waals surface area contributed by atoms with Crippen LogP contribution in [0.2, 0.25) is 0 Å². The molecule has 2 aliphatic rings. The topological polar surface area (TPSA) is 93.5 Å². The summed E-state index contributed by atoms with van der Waals surface area (Å²) in [5.41, 5.74) is 3.32. The number of hydrogen-bond donors (Lipinski definition) is 2. The van der Waals surface area contributed by atoms with E-state index in [4.69, 9.17) is 9.97 Å². The van der Waals surface area contributed by atoms with Gasteiger partial charge in [0.25, 0.3) is 5.92 Å². The lowest BCUT2D eigenvalue weighted by Gasteiger charge is -2.33. The smallest absolute Gasteiger partial charge is 0.251 e. The zero-order valence-electron chi connectivity index (χ0n) is 21.6. The lowest BCUT2D eigenvalue weighted by Crippen LogP contribution is -2.40. The van der Waals surface area contributed by atoms with Crippen LogP contribution in [-0.4, -0.2) is 87.6 Å². The first-order valence-corrected chi connectivity index (χ1v) is 12.8. The van der Waals surface area contributed by atoms with Gasteiger partial charge in [-0.05, 0) is 38.7 Å². The standard InChI is InChI=1S/C26H34F2N8O/c1-17(37)21-14-19-15-29-25(33-23(19)24(31-21)36-10-7-26(27,28)8-11-36)32-22-5-4-18-16-35(13-12-34(2)3)9-6-20(18)30-22/h4-5,14-15,17,37H,6-13,16H2,1-3H3,(H,29,30,32,33)/t17-/m1/s1. The van der Waals surface area contributed by atoms with Crippen molar-refractivity contribution in [1.82, 2.24) is 29.7 Å². The molecule has 5 heterocycles. The van der Waals surface area contributed by atoms with Crippen molar-refractivity contribution in [3.63, 3.8) is 0 Å². The van der Waals surface area contributed by atoms with Crippen molar-refractivity contribution in [2.24, 2.45) is 0 Å². The molecular formula is C26H34F2N8O. The van der Waals surface area contributed by atoms with Gasteiger partial charge in [0.2, 0.25) is 5.95 Å². The molecule has 5 rings (SSSR count). The third-order valence-corrected chi connectivity index (χ3v) is 7.02. The number of anilines is 3. The maximum absolute atomic E-state index is 13.8. The van der Waals surface area contributed by atoms with Gasteiger partial charge in [-0.25, -0.2) is 28.7 Å². The number of pyridine rings is 2. The van der Waals surface area contributed by atoms with Gasteiger partial charge in [-0.3, -0.25) is 4.90 Å². The first-order valence-electron chi connectivity index (χ1n) is 12.8. The lowest BCUT2D eigenvalue weighted by atomic mass is 10.1. The number of fused-ring (bicyclic) bond motifs is 2. The predicted molar refractivity (Wildman–Crippen MR) is 139 cm³/mol. The van der Waals surface area contributed by atoms with Crippen LogP contribution in [0.5, 0.6) is 0 Å². The van der Waals surface area contributed by atoms with Crippen molar-refractivity contribution in [3.8, 4) is 0 Å². The highest BCUT2D eigenvalue weighted by molar-refractivity contribution is 5.89. The quantitative estimate of drug-likeness (QED) is 0.494. The van der Waals surface area contributed by atoms with E-state index in [9.17, 15) is 13.9 Å². The molecule has 198 valence electrons. The Morgan fingerprint density at radius 1 is 1.14 bits per heavy atom. The van der Waals surface area contributed by atoms with Gasteiger partial charge in [-0.2, -0.15) is 0 Å². The summed E-state index contributed by atoms with van der Waals surface area (Å²) in [6, 6.07) is 5.78. The molecule has 0 saturated carbocycles. The van der Waals surface area contributed by atoms with E-state index in [1.807, 2.05) is 11.0 Å². The minimum Gasteiger partial charge on any atom is -0.387 e. The molecule has 1 saturated heterocycles. The average molecular weight is 513 g/mol. The number of likely N-dealkylation sites (N-methyl/N-ethyl adjacent to an activating group) is 1. The van der Waals surface area contributed by atoms with E-state index in [1.54, 1.807) is 19.2 Å². The molecule has 0 bridgehead atoms. The van der Waals surface area contributed by atoms with Crippen molar-refractivity contribution >= 4 is 28.5 Å². The highest BCUT2D eigenvalue weighted by atomic mass is 19.3. The fraction of sp³-hybridized carbons (Fsp3) is 0.538. The molecule has 2 aliphatic heterocycles. The Bertz CT molecular complexity index is 1260. The van der Waals surface area contributed by atoms with Crippen LogP contribution in [0.15, 0.2) is 24.4 Å². The second kappa shape index (κ2) is 10.4. The van der Waals surface area contributed by atoms with Gasteiger partial charge in [-0.1, -0.05) is 6.07 Å². The summed E-state index contributed by atoms with van der Waals surface area (Å²) < 4.78 is 27.6. The van der Waals surface area contributed by atoms with E-state index in [1.165, 1.54) is 5.56 Å². The highest BCUT2D eigenvalue weighted by Crippen LogP contribution is 2.34. The van der Waals surface area contributed by atoms with Gasteiger partial charge < -0.3 is 20.2 Å². The summed E-state index contributed by atoms with van der Waals surface area (Å²) in [7, 11) is 4.17. The molecule has 3 aromatic heterocycles. The van der Waals surface area contributed by atoms with Crippen LogP contribution < -0.4 is 10.2 Å². The van der Waals surface area contributed by atoms with Crippen LogP contribution in [-0.2, 0) is 13.0 Å². The van der Waals surface area contributed by atoms with Crippen molar-refractivity contribution in [2.75, 3.05) is 57.0 Å². The van der Waals surface area contributed by atoms with E-state index in [0.29, 0.717) is 34.2 Å². The molecule has 11 heteroatoms. The van der Waals surface area contributed by atoms with Gasteiger partial charge in [0.05, 0.1) is 11.8 Å². The molecule has 9 nitrogen and oxygen atoms in total. The minimum atomic E-state index is -2.67. The molecule has 0 aromatic carbocycles. The van der Waals surface area contributed by atoms with Crippen LogP contribution in [0, 0.1) is 0 Å². The molecule has 1 atom stereocenters. The summed E-state index contributed by atoms with van der Waals surface area (Å²) in [6.45, 7) is 5.88. The van der Waals surface area contributed by atoms with Crippen molar-refractivity contribution in [2.45, 2.75) is 44.8 Å². The number of piperidine rings is 1. The maximum Gasteiger partial charge on any atom is 0.251 e. The van der Waals surface area contributed by atoms with E-state index >= 15 is 0 Å². The Hall–Kier alpha value is -3.02. The first kappa shape index (κ1) is 25.6. The summed E-state index contributed by atoms with van der Waals surface area (Å²) in [5, 5.41) is 14.0. The molecule has 0 amide bonds. The number of aromatic nitrogens is 4. The van der Waals surface area contributed by atoms with E-state index in [2.05, 4.69) is 45.2 Å². The van der Waals surface area contributed by atoms with Gasteiger partial charge in [0.1, 0.15) is 11.3 Å². The summed E-state index contributed by atoms with van der Waals surface area (Å²) in [6.07, 6.45) is 1.27. The van der Waals surface area contributed by atoms with Crippen LogP contribution in [0.25, 0.3) is 10.9 Å². The number of aliphatic hydroxyl groups is 1. The van der Waals surface area contributed by atoms with Gasteiger partial charge in [0.15, 0.2) is 5.82 Å². The molecule has 37 heavy (non-hydrogen) atoms. The largest absolute Gasteiger partial charge is 0.387 e. The Morgan fingerprint density at radius 3 is 2.65 bits per heavy atom. The summed E-state index contributed by atoms with van der Waals surface area (Å²) in [5.74, 6) is -1.16. The third kappa shape index (κ3) is 5.94. The molecule has 0 radical (unpaired) electrons. The number of hydrogen-bond acceptors (Lipinski definition) is 9. The fourth-order valence-corrected chi connectivity index (χ4v) is 4.77. The number of halogens is 2. The normalized spacial score (nSPS) is 18.7. The zero-order valence-corrected chi connectivity index (χ0v) is 21.6. The third-order valence-electron chi connectivity index (χ3n) is 7.02. The fourth-order valence-electron chi connectivity index (χ4n) is 4.77. The van der Waals surface area contributed by atoms with Crippen molar-refractivity contribution < 1.29 is 13.9 Å². The number of aliphatic hydroxyl groups excluding tert-OH is 1. The summed E-state index contributed by atoms with van der Waals surface area (Å²) in [4.78, 5) is 25.0. The number of rotatable bonds is 7. The minimum absolute atomic E-state index is 0.170. The second-order valence-electron chi connectivity index (χ2n) is 10.3. The molecule has 0 aliphatic carbocycles. The highest BCUT2D eigenvalue weighted by Gasteiger charge is 2.35. The van der Waals surface area contributed by atoms with E-state index in [-0.39, 0.29) is 25.9 Å². The van der Waals surface area contributed by atoms with Crippen LogP contribution in [0.1, 0.15) is 42.8 Å². The molecule has 2 N–H and O–H groups in total. The van der Waals surface area contributed by atoms with Crippen LogP contribution in [0.4, 0.5) is 26.4 Å². The van der Waals surface area contributed by atoms with Crippen molar-refractivity contribution in [1.29, 1.82) is 0 Å². The Morgan fingerprint density at radius 2 is 1.92 bits per heavy atom. The van der Waals surface area contributed by atoms with Crippen LogP contribution in [0.3, 0.4) is 0 Å². The van der Waals surface area contributed by atoms with Gasteiger partial charge >= 0.3 is 0 Å². The SMILES string of the molecule is C[C@@H](O)c1cc2cnc(Nc3ccc4c(n3)CCN(CCN(C)C)C4)nc2c(N2CCC(F)(F)CC2)n1. The van der Waals surface area contributed by atoms with Crippen molar-refractivity contribution in [3.05, 3.63) is 41.3 Å². The number of nitrogens with zero attached hydrogens (tertiary/aromatic N) is 7. The van der Waals surface area contributed by atoms with E-state index < -0.39 is 12.0 Å². The molecule has 3 aromatic rings. The first-order chi connectivity index (χ1) is 17.7. The monoisotopic (exact) mass is 512 g/mol. The second-order valence-corrected chi connectivity index (χ2v) is 10.3. The number of alkyl halides is 2. The van der Waals surface area contributed by atoms with Crippen LogP contribution >= 0.6 is 0 Å². The van der Waals surface area contributed by atoms with Gasteiger partial charge in [-0.15, -0.1) is 0 Å². The maximum atomic E-state index is 13.8. The average Bonchev–Trinajstić information content (AvgIpc) is 2.87. The number of nitrogens with one attached hydrogen (secondary N) is 1. The molecule has 1 fully saturated rings. The Labute approximate surface area is 215 Å². The molecule has 0 unspecified atom stereocenters.